The van der Waals surface area contributed by atoms with Crippen LogP contribution in [0.2, 0.25) is 0 Å². The Labute approximate surface area is 81.8 Å². The molecule has 0 radical (unpaired) electrons. The largest absolute Gasteiger partial charge is 0.423 e. The lowest BCUT2D eigenvalue weighted by Crippen LogP contribution is -2.45. The molecule has 2 nitrogen and oxygen atoms in total. The first-order chi connectivity index (χ1) is 6.59. The Hall–Kier alpha value is -0.500. The molecule has 0 saturated heterocycles. The number of hydrogen-bond donors (Lipinski definition) is 1. The fourth-order valence-corrected chi connectivity index (χ4v) is 0.700. The van der Waals surface area contributed by atoms with Gasteiger partial charge in [0.2, 0.25) is 6.10 Å². The highest BCUT2D eigenvalue weighted by atomic mass is 19.4. The molecule has 0 aromatic rings. The van der Waals surface area contributed by atoms with Gasteiger partial charge in [-0.3, -0.25) is 0 Å². The van der Waals surface area contributed by atoms with Crippen molar-refractivity contribution in [3.63, 3.8) is 0 Å². The fourth-order valence-electron chi connectivity index (χ4n) is 0.700. The molecule has 0 amide bonds. The van der Waals surface area contributed by atoms with Crippen LogP contribution < -0.4 is 0 Å². The van der Waals surface area contributed by atoms with Crippen LogP contribution in [-0.2, 0) is 4.74 Å². The van der Waals surface area contributed by atoms with Crippen LogP contribution in [0, 0.1) is 0 Å². The van der Waals surface area contributed by atoms with Crippen molar-refractivity contribution in [1.29, 1.82) is 0 Å². The number of hydrogen-bond acceptors (Lipinski definition) is 2. The fraction of sp³-hybridized carbons (Fsp3) is 1.00. The van der Waals surface area contributed by atoms with Crippen molar-refractivity contribution in [1.82, 2.24) is 0 Å². The molecule has 0 rings (SSSR count). The third kappa shape index (κ3) is 5.22. The molecule has 0 aliphatic rings. The molecular formula is C7H10F6O2. The molecule has 8 heteroatoms. The zero-order valence-corrected chi connectivity index (χ0v) is 7.69. The molecule has 0 saturated carbocycles. The molecule has 1 unspecified atom stereocenters. The summed E-state index contributed by atoms with van der Waals surface area (Å²) in [6.07, 6.45) is -16.2. The van der Waals surface area contributed by atoms with Crippen LogP contribution in [0.15, 0.2) is 0 Å². The van der Waals surface area contributed by atoms with E-state index in [0.29, 0.717) is 0 Å². The predicted octanol–water partition coefficient (Wildman–Crippen LogP) is 2.27. The highest BCUT2D eigenvalue weighted by Crippen LogP contribution is 2.35. The minimum atomic E-state index is -5.52. The third-order valence-corrected chi connectivity index (χ3v) is 1.52. The van der Waals surface area contributed by atoms with Gasteiger partial charge in [0.15, 0.2) is 0 Å². The van der Waals surface area contributed by atoms with E-state index in [2.05, 4.69) is 4.74 Å². The molecule has 0 spiro atoms. The molecule has 0 aromatic heterocycles. The van der Waals surface area contributed by atoms with Crippen molar-refractivity contribution in [2.75, 3.05) is 6.61 Å². The number of ether oxygens (including phenoxy) is 1. The summed E-state index contributed by atoms with van der Waals surface area (Å²) in [4.78, 5) is 0. The summed E-state index contributed by atoms with van der Waals surface area (Å²) in [7, 11) is 0. The van der Waals surface area contributed by atoms with Crippen LogP contribution in [0.1, 0.15) is 13.3 Å². The van der Waals surface area contributed by atoms with Crippen molar-refractivity contribution in [3.05, 3.63) is 0 Å². The summed E-state index contributed by atoms with van der Waals surface area (Å²) >= 11 is 0. The standard InChI is InChI=1S/C7H10F6O2/c1-2-4(14)3-15-5(6(8,9)10)7(11,12)13/h4-5,14H,2-3H2,1H3. The summed E-state index contributed by atoms with van der Waals surface area (Å²) in [5.74, 6) is 0. The number of aliphatic hydroxyl groups is 1. The Morgan fingerprint density at radius 1 is 1.07 bits per heavy atom. The van der Waals surface area contributed by atoms with Gasteiger partial charge in [0.1, 0.15) is 0 Å². The van der Waals surface area contributed by atoms with Crippen molar-refractivity contribution in [2.24, 2.45) is 0 Å². The second-order valence-electron chi connectivity index (χ2n) is 2.86. The van der Waals surface area contributed by atoms with Gasteiger partial charge in [-0.2, -0.15) is 26.3 Å². The lowest BCUT2D eigenvalue weighted by atomic mass is 10.3. The second-order valence-corrected chi connectivity index (χ2v) is 2.86. The molecule has 0 fully saturated rings. The van der Waals surface area contributed by atoms with Gasteiger partial charge in [0.25, 0.3) is 0 Å². The molecule has 0 bridgehead atoms. The van der Waals surface area contributed by atoms with E-state index in [4.69, 9.17) is 5.11 Å². The summed E-state index contributed by atoms with van der Waals surface area (Å²) < 4.78 is 74.7. The SMILES string of the molecule is CCC(O)COC(C(F)(F)F)C(F)(F)F. The minimum absolute atomic E-state index is 0.0163. The van der Waals surface area contributed by atoms with Gasteiger partial charge in [-0.25, -0.2) is 0 Å². The summed E-state index contributed by atoms with van der Waals surface area (Å²) in [5, 5.41) is 8.78. The van der Waals surface area contributed by atoms with Gasteiger partial charge in [-0.15, -0.1) is 0 Å². The van der Waals surface area contributed by atoms with Crippen molar-refractivity contribution in [2.45, 2.75) is 37.9 Å². The zero-order valence-electron chi connectivity index (χ0n) is 7.69. The Balaban J connectivity index is 4.42. The molecular weight excluding hydrogens is 230 g/mol. The van der Waals surface area contributed by atoms with Gasteiger partial charge < -0.3 is 9.84 Å². The average molecular weight is 240 g/mol. The van der Waals surface area contributed by atoms with E-state index in [-0.39, 0.29) is 6.42 Å². The van der Waals surface area contributed by atoms with Crippen LogP contribution in [-0.4, -0.2) is 36.3 Å². The van der Waals surface area contributed by atoms with E-state index in [1.54, 1.807) is 0 Å². The lowest BCUT2D eigenvalue weighted by molar-refractivity contribution is -0.324. The van der Waals surface area contributed by atoms with E-state index in [0.717, 1.165) is 0 Å². The quantitative estimate of drug-likeness (QED) is 0.764. The van der Waals surface area contributed by atoms with Gasteiger partial charge in [-0.05, 0) is 6.42 Å². The minimum Gasteiger partial charge on any atom is -0.391 e. The summed E-state index contributed by atoms with van der Waals surface area (Å²) in [6.45, 7) is 0.407. The predicted molar refractivity (Wildman–Crippen MR) is 38.1 cm³/mol. The average Bonchev–Trinajstić information content (AvgIpc) is 1.99. The van der Waals surface area contributed by atoms with E-state index < -0.39 is 31.2 Å². The monoisotopic (exact) mass is 240 g/mol. The molecule has 15 heavy (non-hydrogen) atoms. The van der Waals surface area contributed by atoms with Crippen LogP contribution in [0.5, 0.6) is 0 Å². The Bertz CT molecular complexity index is 173. The topological polar surface area (TPSA) is 29.5 Å². The smallest absolute Gasteiger partial charge is 0.391 e. The second kappa shape index (κ2) is 5.02. The molecule has 0 aliphatic heterocycles. The Morgan fingerprint density at radius 2 is 1.47 bits per heavy atom. The Kier molecular flexibility index (Phi) is 4.85. The van der Waals surface area contributed by atoms with E-state index in [1.807, 2.05) is 0 Å². The molecule has 92 valence electrons. The number of rotatable bonds is 4. The van der Waals surface area contributed by atoms with Crippen LogP contribution in [0.3, 0.4) is 0 Å². The van der Waals surface area contributed by atoms with Crippen molar-refractivity contribution >= 4 is 0 Å². The summed E-state index contributed by atoms with van der Waals surface area (Å²) in [6, 6.07) is 0. The van der Waals surface area contributed by atoms with E-state index in [1.165, 1.54) is 6.92 Å². The molecule has 0 heterocycles. The molecule has 1 N–H and O–H groups in total. The number of aliphatic hydroxyl groups excluding tert-OH is 1. The highest BCUT2D eigenvalue weighted by Gasteiger charge is 2.58. The molecule has 0 aliphatic carbocycles. The van der Waals surface area contributed by atoms with E-state index >= 15 is 0 Å². The van der Waals surface area contributed by atoms with Gasteiger partial charge in [-0.1, -0.05) is 6.92 Å². The Morgan fingerprint density at radius 3 is 1.73 bits per heavy atom. The van der Waals surface area contributed by atoms with Crippen LogP contribution in [0.25, 0.3) is 0 Å². The highest BCUT2D eigenvalue weighted by molar-refractivity contribution is 4.76. The maximum atomic E-state index is 11.8. The molecule has 0 aromatic carbocycles. The summed E-state index contributed by atoms with van der Waals surface area (Å²) in [5.41, 5.74) is 0. The number of halogens is 6. The van der Waals surface area contributed by atoms with Crippen LogP contribution >= 0.6 is 0 Å². The lowest BCUT2D eigenvalue weighted by Gasteiger charge is -2.23. The van der Waals surface area contributed by atoms with Gasteiger partial charge >= 0.3 is 12.4 Å². The number of alkyl halides is 6. The normalized spacial score (nSPS) is 15.8. The first kappa shape index (κ1) is 14.5. The van der Waals surface area contributed by atoms with Crippen LogP contribution in [0.4, 0.5) is 26.3 Å². The third-order valence-electron chi connectivity index (χ3n) is 1.52. The molecule has 1 atom stereocenters. The zero-order chi connectivity index (χ0) is 12.3. The van der Waals surface area contributed by atoms with Gasteiger partial charge in [0.05, 0.1) is 12.7 Å². The maximum Gasteiger partial charge on any atom is 0.423 e. The van der Waals surface area contributed by atoms with Crippen molar-refractivity contribution < 1.29 is 36.2 Å². The first-order valence-electron chi connectivity index (χ1n) is 4.02. The van der Waals surface area contributed by atoms with E-state index in [9.17, 15) is 26.3 Å². The first-order valence-corrected chi connectivity index (χ1v) is 4.02. The maximum absolute atomic E-state index is 11.8. The van der Waals surface area contributed by atoms with Gasteiger partial charge in [0, 0.05) is 0 Å². The van der Waals surface area contributed by atoms with Crippen molar-refractivity contribution in [3.8, 4) is 0 Å².